The third-order valence-electron chi connectivity index (χ3n) is 5.64. The van der Waals surface area contributed by atoms with Crippen LogP contribution in [0.15, 0.2) is 41.3 Å². The van der Waals surface area contributed by atoms with E-state index < -0.39 is 22.2 Å². The van der Waals surface area contributed by atoms with E-state index in [2.05, 4.69) is 4.72 Å². The summed E-state index contributed by atoms with van der Waals surface area (Å²) in [5, 5.41) is 18.6. The van der Waals surface area contributed by atoms with Crippen LogP contribution in [0.2, 0.25) is 0 Å². The van der Waals surface area contributed by atoms with Gasteiger partial charge in [0.2, 0.25) is 0 Å². The number of nitriles is 1. The summed E-state index contributed by atoms with van der Waals surface area (Å²) in [7, 11) is -4.15. The highest BCUT2D eigenvalue weighted by atomic mass is 32.2. The second kappa shape index (κ2) is 8.19. The van der Waals surface area contributed by atoms with Crippen molar-refractivity contribution in [3.05, 3.63) is 53.1 Å². The number of nitrogens with zero attached hydrogens (tertiary/aromatic N) is 2. The molecule has 162 valence electrons. The van der Waals surface area contributed by atoms with Gasteiger partial charge < -0.3 is 10.0 Å². The Balaban J connectivity index is 1.76. The second-order valence-corrected chi connectivity index (χ2v) is 9.62. The summed E-state index contributed by atoms with van der Waals surface area (Å²) >= 11 is 0. The molecule has 1 aliphatic heterocycles. The average Bonchev–Trinajstić information content (AvgIpc) is 3.58. The lowest BCUT2D eigenvalue weighted by atomic mass is 10.1. The molecule has 1 saturated carbocycles. The Labute approximate surface area is 180 Å². The van der Waals surface area contributed by atoms with Gasteiger partial charge in [0, 0.05) is 13.1 Å². The summed E-state index contributed by atoms with van der Waals surface area (Å²) in [6.07, 6.45) is 1.77. The molecule has 0 spiro atoms. The maximum Gasteiger partial charge on any atom is 0.335 e. The van der Waals surface area contributed by atoms with Gasteiger partial charge >= 0.3 is 5.97 Å². The molecular weight excluding hydrogens is 421 g/mol. The van der Waals surface area contributed by atoms with Gasteiger partial charge in [-0.3, -0.25) is 4.72 Å². The van der Waals surface area contributed by atoms with E-state index in [1.54, 1.807) is 23.1 Å². The molecule has 7 nitrogen and oxygen atoms in total. The van der Waals surface area contributed by atoms with Gasteiger partial charge in [-0.05, 0) is 67.5 Å². The van der Waals surface area contributed by atoms with Crippen LogP contribution < -0.4 is 9.62 Å². The number of benzene rings is 2. The van der Waals surface area contributed by atoms with E-state index in [-0.39, 0.29) is 34.2 Å². The smallest absolute Gasteiger partial charge is 0.335 e. The number of halogens is 1. The van der Waals surface area contributed by atoms with Crippen molar-refractivity contribution in [3.8, 4) is 6.07 Å². The van der Waals surface area contributed by atoms with Crippen LogP contribution in [-0.4, -0.2) is 38.8 Å². The van der Waals surface area contributed by atoms with Gasteiger partial charge in [-0.15, -0.1) is 0 Å². The first-order valence-corrected chi connectivity index (χ1v) is 11.6. The van der Waals surface area contributed by atoms with Crippen LogP contribution in [0.25, 0.3) is 0 Å². The summed E-state index contributed by atoms with van der Waals surface area (Å²) in [5.41, 5.74) is 1.39. The van der Waals surface area contributed by atoms with Crippen molar-refractivity contribution in [2.24, 2.45) is 0 Å². The van der Waals surface area contributed by atoms with Crippen molar-refractivity contribution >= 4 is 27.4 Å². The van der Waals surface area contributed by atoms with Gasteiger partial charge in [0.1, 0.15) is 6.17 Å². The van der Waals surface area contributed by atoms with Crippen LogP contribution in [0.3, 0.4) is 0 Å². The summed E-state index contributed by atoms with van der Waals surface area (Å²) < 4.78 is 43.2. The van der Waals surface area contributed by atoms with Crippen molar-refractivity contribution < 1.29 is 22.7 Å². The second-order valence-electron chi connectivity index (χ2n) is 7.97. The number of carboxylic acid groups (broad SMARTS) is 1. The number of anilines is 2. The van der Waals surface area contributed by atoms with Gasteiger partial charge in [-0.2, -0.15) is 5.26 Å². The van der Waals surface area contributed by atoms with Crippen molar-refractivity contribution in [2.75, 3.05) is 22.7 Å². The van der Waals surface area contributed by atoms with Gasteiger partial charge in [0.15, 0.2) is 0 Å². The molecule has 1 saturated heterocycles. The summed E-state index contributed by atoms with van der Waals surface area (Å²) in [6, 6.07) is 10.7. The molecule has 1 atom stereocenters. The fraction of sp³-hybridized carbons (Fsp3) is 0.364. The number of hydrogen-bond acceptors (Lipinski definition) is 5. The van der Waals surface area contributed by atoms with E-state index in [1.807, 2.05) is 6.07 Å². The van der Waals surface area contributed by atoms with Gasteiger partial charge in [0.25, 0.3) is 10.0 Å². The largest absolute Gasteiger partial charge is 0.478 e. The zero-order valence-corrected chi connectivity index (χ0v) is 17.5. The van der Waals surface area contributed by atoms with Crippen LogP contribution in [0, 0.1) is 11.3 Å². The number of alkyl halides is 1. The Bertz CT molecular complexity index is 1170. The lowest BCUT2D eigenvalue weighted by Crippen LogP contribution is -2.37. The number of piperidine rings is 1. The van der Waals surface area contributed by atoms with Crippen LogP contribution in [-0.2, 0) is 10.0 Å². The molecule has 0 aromatic heterocycles. The highest BCUT2D eigenvalue weighted by molar-refractivity contribution is 7.92. The molecule has 1 unspecified atom stereocenters. The first-order valence-electron chi connectivity index (χ1n) is 10.1. The summed E-state index contributed by atoms with van der Waals surface area (Å²) in [4.78, 5) is 13.1. The zero-order chi connectivity index (χ0) is 22.2. The molecule has 2 aromatic rings. The summed E-state index contributed by atoms with van der Waals surface area (Å²) in [6.45, 7) is 0.714. The van der Waals surface area contributed by atoms with E-state index in [4.69, 9.17) is 0 Å². The Hall–Kier alpha value is -3.12. The van der Waals surface area contributed by atoms with E-state index in [0.29, 0.717) is 30.6 Å². The van der Waals surface area contributed by atoms with Crippen LogP contribution in [0.1, 0.15) is 53.1 Å². The molecule has 4 rings (SSSR count). The quantitative estimate of drug-likeness (QED) is 0.701. The van der Waals surface area contributed by atoms with E-state index in [0.717, 1.165) is 12.8 Å². The molecule has 2 aromatic carbocycles. The number of carbonyl (C=O) groups is 1. The summed E-state index contributed by atoms with van der Waals surface area (Å²) in [5.74, 6) is -1.14. The molecule has 9 heteroatoms. The molecule has 0 amide bonds. The zero-order valence-electron chi connectivity index (χ0n) is 16.7. The molecule has 1 heterocycles. The minimum atomic E-state index is -4.15. The monoisotopic (exact) mass is 443 g/mol. The molecule has 31 heavy (non-hydrogen) atoms. The highest BCUT2D eigenvalue weighted by Gasteiger charge is 2.32. The fourth-order valence-corrected chi connectivity index (χ4v) is 5.33. The Morgan fingerprint density at radius 1 is 1.19 bits per heavy atom. The molecule has 0 radical (unpaired) electrons. The predicted octanol–water partition coefficient (Wildman–Crippen LogP) is 3.87. The van der Waals surface area contributed by atoms with E-state index in [9.17, 15) is 28.0 Å². The Morgan fingerprint density at radius 3 is 2.61 bits per heavy atom. The number of nitrogens with one attached hydrogen (secondary N) is 1. The maximum absolute atomic E-state index is 14.0. The van der Waals surface area contributed by atoms with Crippen LogP contribution in [0.5, 0.6) is 0 Å². The normalized spacial score (nSPS) is 19.0. The first kappa shape index (κ1) is 21.1. The number of rotatable bonds is 6. The molecule has 2 N–H and O–H groups in total. The topological polar surface area (TPSA) is 111 Å². The first-order chi connectivity index (χ1) is 14.8. The third kappa shape index (κ3) is 4.49. The van der Waals surface area contributed by atoms with E-state index >= 15 is 0 Å². The number of hydrogen-bond donors (Lipinski definition) is 2. The fourth-order valence-electron chi connectivity index (χ4n) is 3.94. The van der Waals surface area contributed by atoms with Crippen LogP contribution in [0.4, 0.5) is 15.8 Å². The molecule has 2 aliphatic rings. The molecular formula is C22H22FN3O4S. The molecule has 0 bridgehead atoms. The van der Waals surface area contributed by atoms with E-state index in [1.165, 1.54) is 18.2 Å². The van der Waals surface area contributed by atoms with Gasteiger partial charge in [0.05, 0.1) is 33.5 Å². The van der Waals surface area contributed by atoms with Crippen molar-refractivity contribution in [3.63, 3.8) is 0 Å². The standard InChI is InChI=1S/C22H22FN3O4S/c23-17-2-1-9-26(13-17)20-8-3-14(12-24)10-19(20)25-31(29,30)21-11-16(22(27)28)6-7-18(21)15-4-5-15/h3,6-8,10-11,15,17,25H,1-2,4-5,9,13H2,(H,27,28). The molecule has 2 fully saturated rings. The number of carboxylic acids is 1. The van der Waals surface area contributed by atoms with Crippen molar-refractivity contribution in [1.29, 1.82) is 5.26 Å². The van der Waals surface area contributed by atoms with Crippen molar-refractivity contribution in [1.82, 2.24) is 0 Å². The van der Waals surface area contributed by atoms with Gasteiger partial charge in [-0.25, -0.2) is 17.6 Å². The average molecular weight is 444 g/mol. The minimum absolute atomic E-state index is 0.0775. The minimum Gasteiger partial charge on any atom is -0.478 e. The third-order valence-corrected chi connectivity index (χ3v) is 7.06. The predicted molar refractivity (Wildman–Crippen MR) is 114 cm³/mol. The SMILES string of the molecule is N#Cc1ccc(N2CCCC(F)C2)c(NS(=O)(=O)c2cc(C(=O)O)ccc2C2CC2)c1. The maximum atomic E-state index is 14.0. The lowest BCUT2D eigenvalue weighted by molar-refractivity contribution is 0.0696. The van der Waals surface area contributed by atoms with Gasteiger partial charge in [-0.1, -0.05) is 6.07 Å². The number of sulfonamides is 1. The lowest BCUT2D eigenvalue weighted by Gasteiger charge is -2.32. The Morgan fingerprint density at radius 2 is 1.97 bits per heavy atom. The molecule has 1 aliphatic carbocycles. The van der Waals surface area contributed by atoms with Crippen LogP contribution >= 0.6 is 0 Å². The number of aromatic carboxylic acids is 1. The van der Waals surface area contributed by atoms with Crippen molar-refractivity contribution in [2.45, 2.75) is 42.7 Å². The highest BCUT2D eigenvalue weighted by Crippen LogP contribution is 2.43. The Kier molecular flexibility index (Phi) is 5.58.